The van der Waals surface area contributed by atoms with E-state index in [0.717, 1.165) is 6.42 Å². The van der Waals surface area contributed by atoms with Crippen molar-refractivity contribution in [2.45, 2.75) is 52.3 Å². The number of carbonyl (C=O) groups is 2. The molecule has 2 atom stereocenters. The maximum atomic E-state index is 13.2. The van der Waals surface area contributed by atoms with E-state index >= 15 is 0 Å². The Morgan fingerprint density at radius 1 is 1.37 bits per heavy atom. The van der Waals surface area contributed by atoms with Crippen LogP contribution >= 0.6 is 11.3 Å². The van der Waals surface area contributed by atoms with E-state index in [-0.39, 0.29) is 17.3 Å². The third kappa shape index (κ3) is 6.08. The largest absolute Gasteiger partial charge is 0.443 e. The fourth-order valence-corrected chi connectivity index (χ4v) is 4.93. The number of alkyl halides is 3. The van der Waals surface area contributed by atoms with Crippen molar-refractivity contribution < 1.29 is 22.8 Å². The summed E-state index contributed by atoms with van der Waals surface area (Å²) < 4.78 is 39.7. The van der Waals surface area contributed by atoms with E-state index in [1.165, 1.54) is 4.90 Å². The molecule has 1 aliphatic heterocycles. The lowest BCUT2D eigenvalue weighted by atomic mass is 9.89. The van der Waals surface area contributed by atoms with Crippen molar-refractivity contribution in [3.63, 3.8) is 0 Å². The molecule has 1 saturated heterocycles. The van der Waals surface area contributed by atoms with Crippen molar-refractivity contribution >= 4 is 40.1 Å². The molecule has 1 aromatic heterocycles. The SMILES string of the molecule is C=N/C(N)=C(\C=C(/C)NC(=O)C(=O)N1C[C@@H](C)CC[C@@H]1c1ccc2sc(C(F)(F)F)nc2c1)CC. The molecule has 7 nitrogen and oxygen atoms in total. The molecule has 3 N–H and O–H groups in total. The summed E-state index contributed by atoms with van der Waals surface area (Å²) in [6.45, 7) is 9.26. The van der Waals surface area contributed by atoms with Crippen LogP contribution in [0.2, 0.25) is 0 Å². The van der Waals surface area contributed by atoms with Gasteiger partial charge in [0, 0.05) is 12.2 Å². The van der Waals surface area contributed by atoms with Crippen LogP contribution in [-0.2, 0) is 15.8 Å². The molecule has 35 heavy (non-hydrogen) atoms. The molecule has 0 bridgehead atoms. The Morgan fingerprint density at radius 2 is 2.09 bits per heavy atom. The van der Waals surface area contributed by atoms with Gasteiger partial charge in [0.1, 0.15) is 5.82 Å². The summed E-state index contributed by atoms with van der Waals surface area (Å²) in [6.07, 6.45) is -0.918. The quantitative estimate of drug-likeness (QED) is 0.341. The Kier molecular flexibility index (Phi) is 7.99. The van der Waals surface area contributed by atoms with Crippen LogP contribution in [0.4, 0.5) is 13.2 Å². The number of piperidine rings is 1. The van der Waals surface area contributed by atoms with Gasteiger partial charge in [-0.1, -0.05) is 19.9 Å². The van der Waals surface area contributed by atoms with E-state index in [1.807, 2.05) is 13.8 Å². The predicted molar refractivity (Wildman–Crippen MR) is 130 cm³/mol. The molecule has 2 heterocycles. The van der Waals surface area contributed by atoms with Crippen molar-refractivity contribution in [1.82, 2.24) is 15.2 Å². The molecule has 11 heteroatoms. The van der Waals surface area contributed by atoms with Gasteiger partial charge in [0.05, 0.1) is 16.3 Å². The number of halogens is 3. The van der Waals surface area contributed by atoms with Crippen LogP contribution in [0.3, 0.4) is 0 Å². The number of fused-ring (bicyclic) bond motifs is 1. The first-order valence-electron chi connectivity index (χ1n) is 11.2. The van der Waals surface area contributed by atoms with Crippen LogP contribution < -0.4 is 11.1 Å². The highest BCUT2D eigenvalue weighted by Gasteiger charge is 2.36. The molecule has 0 radical (unpaired) electrons. The van der Waals surface area contributed by atoms with Gasteiger partial charge in [-0.25, -0.2) is 9.98 Å². The van der Waals surface area contributed by atoms with Crippen LogP contribution in [0.1, 0.15) is 56.6 Å². The maximum absolute atomic E-state index is 13.2. The van der Waals surface area contributed by atoms with Gasteiger partial charge in [-0.2, -0.15) is 13.2 Å². The molecule has 0 unspecified atom stereocenters. The summed E-state index contributed by atoms with van der Waals surface area (Å²) in [5, 5.41) is 1.69. The first kappa shape index (κ1) is 26.4. The predicted octanol–water partition coefficient (Wildman–Crippen LogP) is 4.92. The minimum Gasteiger partial charge on any atom is -0.383 e. The van der Waals surface area contributed by atoms with Gasteiger partial charge < -0.3 is 16.0 Å². The Labute approximate surface area is 205 Å². The van der Waals surface area contributed by atoms with Crippen LogP contribution in [0.25, 0.3) is 10.2 Å². The van der Waals surface area contributed by atoms with Crippen LogP contribution in [0.15, 0.2) is 46.4 Å². The molecule has 2 amide bonds. The van der Waals surface area contributed by atoms with Crippen LogP contribution in [-0.4, -0.2) is 35.0 Å². The summed E-state index contributed by atoms with van der Waals surface area (Å²) in [5.41, 5.74) is 7.77. The van der Waals surface area contributed by atoms with Crippen molar-refractivity contribution in [1.29, 1.82) is 0 Å². The summed E-state index contributed by atoms with van der Waals surface area (Å²) in [7, 11) is 0. The Hall–Kier alpha value is -3.21. The molecule has 1 aliphatic rings. The number of nitrogens with zero attached hydrogens (tertiary/aromatic N) is 3. The number of hydrogen-bond acceptors (Lipinski definition) is 6. The van der Waals surface area contributed by atoms with Gasteiger partial charge >= 0.3 is 18.0 Å². The summed E-state index contributed by atoms with van der Waals surface area (Å²) >= 11 is 0.579. The molecule has 0 aliphatic carbocycles. The van der Waals surface area contributed by atoms with Crippen LogP contribution in [0.5, 0.6) is 0 Å². The number of allylic oxidation sites excluding steroid dienone is 3. The van der Waals surface area contributed by atoms with E-state index in [1.54, 1.807) is 31.2 Å². The lowest BCUT2D eigenvalue weighted by Crippen LogP contribution is -2.48. The number of aromatic nitrogens is 1. The number of carbonyl (C=O) groups excluding carboxylic acids is 2. The lowest BCUT2D eigenvalue weighted by Gasteiger charge is -2.38. The number of thiazole rings is 1. The highest BCUT2D eigenvalue weighted by atomic mass is 32.1. The van der Waals surface area contributed by atoms with Crippen LogP contribution in [0, 0.1) is 5.92 Å². The van der Waals surface area contributed by atoms with Crippen molar-refractivity contribution in [3.8, 4) is 0 Å². The van der Waals surface area contributed by atoms with Gasteiger partial charge in [-0.05, 0) is 68.2 Å². The Morgan fingerprint density at radius 3 is 2.71 bits per heavy atom. The highest BCUT2D eigenvalue weighted by molar-refractivity contribution is 7.18. The van der Waals surface area contributed by atoms with Gasteiger partial charge in [-0.3, -0.25) is 9.59 Å². The molecular formula is C24H28F3N5O2S. The van der Waals surface area contributed by atoms with Gasteiger partial charge in [0.15, 0.2) is 5.01 Å². The fourth-order valence-electron chi connectivity index (χ4n) is 4.12. The number of amides is 2. The maximum Gasteiger partial charge on any atom is 0.443 e. The number of benzene rings is 1. The average Bonchev–Trinajstić information content (AvgIpc) is 3.25. The fraction of sp³-hybridized carbons (Fsp3) is 0.417. The topological polar surface area (TPSA) is 101 Å². The third-order valence-electron chi connectivity index (χ3n) is 5.89. The summed E-state index contributed by atoms with van der Waals surface area (Å²) in [5.74, 6) is -1.09. The zero-order valence-corrected chi connectivity index (χ0v) is 20.6. The summed E-state index contributed by atoms with van der Waals surface area (Å²) in [6, 6.07) is 4.42. The average molecular weight is 508 g/mol. The Bertz CT molecular complexity index is 1200. The number of likely N-dealkylation sites (tertiary alicyclic amines) is 1. The van der Waals surface area contributed by atoms with Crippen molar-refractivity contribution in [2.24, 2.45) is 16.6 Å². The van der Waals surface area contributed by atoms with Crippen molar-refractivity contribution in [3.05, 3.63) is 51.9 Å². The number of aliphatic imine (C=N–C) groups is 1. The van der Waals surface area contributed by atoms with E-state index in [2.05, 4.69) is 22.0 Å². The van der Waals surface area contributed by atoms with Gasteiger partial charge in [0.25, 0.3) is 0 Å². The zero-order chi connectivity index (χ0) is 25.9. The van der Waals surface area contributed by atoms with E-state index < -0.39 is 29.0 Å². The normalized spacial score (nSPS) is 19.9. The number of hydrogen-bond donors (Lipinski definition) is 2. The smallest absolute Gasteiger partial charge is 0.383 e. The van der Waals surface area contributed by atoms with Crippen molar-refractivity contribution in [2.75, 3.05) is 6.54 Å². The molecule has 0 spiro atoms. The molecule has 2 aromatic rings. The number of nitrogens with one attached hydrogen (secondary N) is 1. The molecule has 0 saturated carbocycles. The van der Waals surface area contributed by atoms with E-state index in [4.69, 9.17) is 5.73 Å². The second kappa shape index (κ2) is 10.6. The molecular weight excluding hydrogens is 479 g/mol. The molecule has 188 valence electrons. The monoisotopic (exact) mass is 507 g/mol. The Balaban J connectivity index is 1.85. The third-order valence-corrected chi connectivity index (χ3v) is 6.97. The zero-order valence-electron chi connectivity index (χ0n) is 19.8. The molecule has 1 fully saturated rings. The standard InChI is InChI=1S/C24H28F3N5O2S/c1-5-15(20(28)29-4)10-14(3)30-21(33)22(34)32-12-13(2)6-8-18(32)16-7-9-19-17(11-16)31-23(35-19)24(25,26)27/h7,9-11,13,18H,4-6,8,12,28H2,1-3H3,(H,30,33)/b14-10+,20-15-/t13-,18+/m0/s1. The number of nitrogens with two attached hydrogens (primary N) is 1. The second-order valence-corrected chi connectivity index (χ2v) is 9.63. The number of rotatable bonds is 5. The molecule has 3 rings (SSSR count). The van der Waals surface area contributed by atoms with Gasteiger partial charge in [0.2, 0.25) is 0 Å². The summed E-state index contributed by atoms with van der Waals surface area (Å²) in [4.78, 5) is 34.9. The van der Waals surface area contributed by atoms with Gasteiger partial charge in [-0.15, -0.1) is 11.3 Å². The first-order chi connectivity index (χ1) is 16.4. The molecule has 1 aromatic carbocycles. The lowest BCUT2D eigenvalue weighted by molar-refractivity contribution is -0.148. The van der Waals surface area contributed by atoms with E-state index in [9.17, 15) is 22.8 Å². The minimum absolute atomic E-state index is 0.174. The second-order valence-electron chi connectivity index (χ2n) is 8.60. The first-order valence-corrected chi connectivity index (χ1v) is 12.0. The van der Waals surface area contributed by atoms with E-state index in [0.29, 0.717) is 52.3 Å². The highest BCUT2D eigenvalue weighted by Crippen LogP contribution is 2.38. The minimum atomic E-state index is -4.52.